The number of thiocarbonyl (C=S) groups is 1. The molecule has 1 aromatic carbocycles. The third-order valence-electron chi connectivity index (χ3n) is 4.90. The summed E-state index contributed by atoms with van der Waals surface area (Å²) in [5.74, 6) is 0.888. The number of morpholine rings is 1. The van der Waals surface area contributed by atoms with Gasteiger partial charge in [0, 0.05) is 38.1 Å². The Kier molecular flexibility index (Phi) is 6.25. The van der Waals surface area contributed by atoms with Crippen LogP contribution >= 0.6 is 12.2 Å². The van der Waals surface area contributed by atoms with Gasteiger partial charge in [-0.1, -0.05) is 0 Å². The van der Waals surface area contributed by atoms with Gasteiger partial charge >= 0.3 is 0 Å². The van der Waals surface area contributed by atoms with Crippen LogP contribution in [0.5, 0.6) is 5.75 Å². The molecule has 2 aromatic rings. The van der Waals surface area contributed by atoms with Crippen molar-refractivity contribution < 1.29 is 9.47 Å². The molecule has 0 aliphatic carbocycles. The van der Waals surface area contributed by atoms with Gasteiger partial charge < -0.3 is 30.0 Å². The number of hydrogen-bond donors (Lipinski definition) is 3. The number of aromatic nitrogens is 2. The van der Waals surface area contributed by atoms with E-state index in [1.54, 1.807) is 6.33 Å². The lowest BCUT2D eigenvalue weighted by Crippen LogP contribution is -2.42. The van der Waals surface area contributed by atoms with Crippen molar-refractivity contribution in [1.82, 2.24) is 20.2 Å². The minimum absolute atomic E-state index is 0.629. The van der Waals surface area contributed by atoms with Crippen LogP contribution in [0.3, 0.4) is 0 Å². The first-order valence-corrected chi connectivity index (χ1v) is 10.0. The summed E-state index contributed by atoms with van der Waals surface area (Å²) in [5, 5.41) is 7.20. The van der Waals surface area contributed by atoms with Crippen LogP contribution in [0.1, 0.15) is 5.69 Å². The number of imidazole rings is 1. The number of nitrogens with zero attached hydrogens (tertiary/aromatic N) is 3. The van der Waals surface area contributed by atoms with E-state index in [1.807, 2.05) is 18.3 Å². The molecule has 4 rings (SSSR count). The Morgan fingerprint density at radius 3 is 2.93 bits per heavy atom. The molecule has 3 heterocycles. The third-order valence-corrected chi connectivity index (χ3v) is 5.15. The number of hydrogen-bond acceptors (Lipinski definition) is 6. The van der Waals surface area contributed by atoms with Gasteiger partial charge in [0.15, 0.2) is 5.11 Å². The molecule has 1 saturated heterocycles. The zero-order valence-electron chi connectivity index (χ0n) is 15.8. The van der Waals surface area contributed by atoms with Crippen molar-refractivity contribution in [3.05, 3.63) is 36.4 Å². The maximum atomic E-state index is 5.80. The Labute approximate surface area is 170 Å². The van der Waals surface area contributed by atoms with Gasteiger partial charge in [-0.25, -0.2) is 4.98 Å². The second-order valence-corrected chi connectivity index (χ2v) is 7.26. The van der Waals surface area contributed by atoms with Gasteiger partial charge in [-0.15, -0.1) is 0 Å². The fourth-order valence-electron chi connectivity index (χ4n) is 3.42. The van der Waals surface area contributed by atoms with Crippen molar-refractivity contribution in [2.75, 3.05) is 62.8 Å². The highest BCUT2D eigenvalue weighted by molar-refractivity contribution is 7.80. The molecule has 9 heteroatoms. The second-order valence-electron chi connectivity index (χ2n) is 6.85. The van der Waals surface area contributed by atoms with Gasteiger partial charge in [0.25, 0.3) is 0 Å². The maximum absolute atomic E-state index is 5.80. The van der Waals surface area contributed by atoms with E-state index < -0.39 is 0 Å². The number of ether oxygens (including phenoxy) is 2. The molecule has 1 aromatic heterocycles. The summed E-state index contributed by atoms with van der Waals surface area (Å²) in [6, 6.07) is 6.06. The molecule has 0 radical (unpaired) electrons. The van der Waals surface area contributed by atoms with Crippen LogP contribution in [0, 0.1) is 0 Å². The molecule has 0 bridgehead atoms. The number of fused-ring (bicyclic) bond motifs is 1. The van der Waals surface area contributed by atoms with Gasteiger partial charge in [-0.3, -0.25) is 4.90 Å². The molecule has 28 heavy (non-hydrogen) atoms. The van der Waals surface area contributed by atoms with Crippen LogP contribution in [0.4, 0.5) is 11.4 Å². The van der Waals surface area contributed by atoms with E-state index in [9.17, 15) is 0 Å². The predicted molar refractivity (Wildman–Crippen MR) is 113 cm³/mol. The minimum atomic E-state index is 0.629. The SMILES string of the molecule is S=C(NCCN1CCOCC1)Nc1ccc2c(c1)N(Cc1c[nH]cn1)CCO2. The van der Waals surface area contributed by atoms with Gasteiger partial charge in [-0.05, 0) is 30.4 Å². The maximum Gasteiger partial charge on any atom is 0.170 e. The summed E-state index contributed by atoms with van der Waals surface area (Å²) in [6.07, 6.45) is 3.63. The highest BCUT2D eigenvalue weighted by atomic mass is 32.1. The monoisotopic (exact) mass is 402 g/mol. The van der Waals surface area contributed by atoms with Crippen LogP contribution in [-0.4, -0.2) is 72.5 Å². The number of aromatic amines is 1. The number of H-pyrrole nitrogens is 1. The Hall–Kier alpha value is -2.36. The fourth-order valence-corrected chi connectivity index (χ4v) is 3.64. The standard InChI is InChI=1S/C19H26N6O2S/c28-19(21-3-4-24-5-8-26-9-6-24)23-15-1-2-18-17(11-15)25(7-10-27-18)13-16-12-20-14-22-16/h1-2,11-12,14H,3-10,13H2,(H,20,22)(H2,21,23,28). The third kappa shape index (κ3) is 4.92. The zero-order chi connectivity index (χ0) is 19.2. The minimum Gasteiger partial charge on any atom is -0.490 e. The highest BCUT2D eigenvalue weighted by Gasteiger charge is 2.19. The van der Waals surface area contributed by atoms with Crippen molar-refractivity contribution in [3.63, 3.8) is 0 Å². The molecule has 1 fully saturated rings. The lowest BCUT2D eigenvalue weighted by atomic mass is 10.2. The molecule has 3 N–H and O–H groups in total. The van der Waals surface area contributed by atoms with Gasteiger partial charge in [0.1, 0.15) is 12.4 Å². The normalized spacial score (nSPS) is 16.9. The van der Waals surface area contributed by atoms with Crippen molar-refractivity contribution in [2.45, 2.75) is 6.54 Å². The first-order chi connectivity index (χ1) is 13.8. The number of nitrogens with one attached hydrogen (secondary N) is 3. The Morgan fingerprint density at radius 2 is 2.11 bits per heavy atom. The summed E-state index contributed by atoms with van der Waals surface area (Å²) < 4.78 is 11.2. The lowest BCUT2D eigenvalue weighted by molar-refractivity contribution is 0.0389. The van der Waals surface area contributed by atoms with E-state index in [0.717, 1.165) is 75.3 Å². The van der Waals surface area contributed by atoms with Crippen molar-refractivity contribution >= 4 is 28.7 Å². The Morgan fingerprint density at radius 1 is 1.21 bits per heavy atom. The predicted octanol–water partition coefficient (Wildman–Crippen LogP) is 1.43. The number of benzene rings is 1. The first-order valence-electron chi connectivity index (χ1n) is 9.62. The van der Waals surface area contributed by atoms with Crippen molar-refractivity contribution in [3.8, 4) is 5.75 Å². The highest BCUT2D eigenvalue weighted by Crippen LogP contribution is 2.34. The molecule has 2 aliphatic heterocycles. The molecule has 0 unspecified atom stereocenters. The molecular formula is C19H26N6O2S. The molecule has 0 amide bonds. The molecule has 8 nitrogen and oxygen atoms in total. The summed E-state index contributed by atoms with van der Waals surface area (Å²) in [4.78, 5) is 12.0. The summed E-state index contributed by atoms with van der Waals surface area (Å²) in [6.45, 7) is 7.61. The van der Waals surface area contributed by atoms with E-state index in [1.165, 1.54) is 0 Å². The van der Waals surface area contributed by atoms with E-state index >= 15 is 0 Å². The Bertz CT molecular complexity index is 779. The van der Waals surface area contributed by atoms with Gasteiger partial charge in [0.05, 0.1) is 44.0 Å². The molecule has 0 atom stereocenters. The van der Waals surface area contributed by atoms with Gasteiger partial charge in [-0.2, -0.15) is 0 Å². The second kappa shape index (κ2) is 9.22. The molecule has 0 saturated carbocycles. The molecule has 2 aliphatic rings. The average Bonchev–Trinajstić information content (AvgIpc) is 3.22. The van der Waals surface area contributed by atoms with E-state index in [-0.39, 0.29) is 0 Å². The van der Waals surface area contributed by atoms with Crippen LogP contribution in [0.15, 0.2) is 30.7 Å². The van der Waals surface area contributed by atoms with E-state index in [2.05, 4.69) is 36.5 Å². The first kappa shape index (κ1) is 19.0. The molecule has 0 spiro atoms. The van der Waals surface area contributed by atoms with E-state index in [4.69, 9.17) is 21.7 Å². The summed E-state index contributed by atoms with van der Waals surface area (Å²) in [7, 11) is 0. The van der Waals surface area contributed by atoms with Crippen LogP contribution in [-0.2, 0) is 11.3 Å². The molecule has 150 valence electrons. The number of anilines is 2. The largest absolute Gasteiger partial charge is 0.490 e. The Balaban J connectivity index is 1.32. The van der Waals surface area contributed by atoms with Gasteiger partial charge in [0.2, 0.25) is 0 Å². The molecular weight excluding hydrogens is 376 g/mol. The number of rotatable bonds is 6. The van der Waals surface area contributed by atoms with Crippen LogP contribution in [0.25, 0.3) is 0 Å². The van der Waals surface area contributed by atoms with Crippen LogP contribution in [0.2, 0.25) is 0 Å². The zero-order valence-corrected chi connectivity index (χ0v) is 16.6. The van der Waals surface area contributed by atoms with Crippen molar-refractivity contribution in [2.24, 2.45) is 0 Å². The topological polar surface area (TPSA) is 77.7 Å². The summed E-state index contributed by atoms with van der Waals surface area (Å²) >= 11 is 5.46. The quantitative estimate of drug-likeness (QED) is 0.627. The summed E-state index contributed by atoms with van der Waals surface area (Å²) in [5.41, 5.74) is 3.00. The lowest BCUT2D eigenvalue weighted by Gasteiger charge is -2.31. The van der Waals surface area contributed by atoms with Crippen molar-refractivity contribution in [1.29, 1.82) is 0 Å². The fraction of sp³-hybridized carbons (Fsp3) is 0.474. The van der Waals surface area contributed by atoms with E-state index in [0.29, 0.717) is 11.7 Å². The smallest absolute Gasteiger partial charge is 0.170 e. The average molecular weight is 403 g/mol. The van der Waals surface area contributed by atoms with Crippen LogP contribution < -0.4 is 20.3 Å².